The van der Waals surface area contributed by atoms with Crippen LogP contribution in [0, 0.1) is 0 Å². The lowest BCUT2D eigenvalue weighted by Gasteiger charge is -1.97. The Kier molecular flexibility index (Phi) is 2.93. The number of pyridine rings is 1. The Balaban J connectivity index is 3.14. The van der Waals surface area contributed by atoms with Gasteiger partial charge in [0.2, 0.25) is 9.84 Å². The Labute approximate surface area is 80.2 Å². The van der Waals surface area contributed by atoms with Crippen molar-refractivity contribution in [3.05, 3.63) is 23.4 Å². The van der Waals surface area contributed by atoms with E-state index in [1.165, 1.54) is 18.3 Å². The van der Waals surface area contributed by atoms with Gasteiger partial charge in [-0.2, -0.15) is 0 Å². The van der Waals surface area contributed by atoms with E-state index in [9.17, 15) is 8.42 Å². The lowest BCUT2D eigenvalue weighted by molar-refractivity contribution is 0.597. The predicted octanol–water partition coefficient (Wildman–Crippen LogP) is 1.70. The molecule has 12 heavy (non-hydrogen) atoms. The van der Waals surface area contributed by atoms with Crippen LogP contribution in [0.2, 0.25) is 5.02 Å². The number of alkyl halides is 1. The number of hydrogen-bond acceptors (Lipinski definition) is 3. The first kappa shape index (κ1) is 9.77. The largest absolute Gasteiger partial charge is 0.243 e. The third kappa shape index (κ3) is 2.09. The van der Waals surface area contributed by atoms with E-state index in [-0.39, 0.29) is 5.03 Å². The zero-order valence-corrected chi connectivity index (χ0v) is 8.20. The fourth-order valence-corrected chi connectivity index (χ4v) is 1.65. The Morgan fingerprint density at radius 1 is 1.42 bits per heavy atom. The summed E-state index contributed by atoms with van der Waals surface area (Å²) in [5, 5.41) is -0.132. The molecule has 1 aromatic rings. The summed E-state index contributed by atoms with van der Waals surface area (Å²) in [7, 11) is -3.42. The number of rotatable bonds is 2. The molecule has 66 valence electrons. The summed E-state index contributed by atoms with van der Waals surface area (Å²) in [6.07, 6.45) is 1.26. The molecule has 1 aromatic heterocycles. The second-order valence-corrected chi connectivity index (χ2v) is 5.00. The molecule has 0 N–H and O–H groups in total. The first-order chi connectivity index (χ1) is 5.56. The molecular weight excluding hydrogens is 221 g/mol. The van der Waals surface area contributed by atoms with Crippen molar-refractivity contribution in [3.63, 3.8) is 0 Å². The standard InChI is InChI=1S/C6H5Cl2NO2S/c7-4-12(10,11)6-2-1-5(8)3-9-6/h1-3H,4H2. The van der Waals surface area contributed by atoms with Gasteiger partial charge in [0.1, 0.15) is 5.21 Å². The lowest BCUT2D eigenvalue weighted by Crippen LogP contribution is -2.03. The van der Waals surface area contributed by atoms with Crippen LogP contribution in [-0.2, 0) is 9.84 Å². The van der Waals surface area contributed by atoms with Crippen molar-refractivity contribution < 1.29 is 8.42 Å². The maximum atomic E-state index is 11.1. The second kappa shape index (κ2) is 3.60. The first-order valence-electron chi connectivity index (χ1n) is 2.96. The van der Waals surface area contributed by atoms with Gasteiger partial charge in [-0.05, 0) is 12.1 Å². The molecule has 0 aliphatic carbocycles. The van der Waals surface area contributed by atoms with Gasteiger partial charge in [-0.15, -0.1) is 11.6 Å². The van der Waals surface area contributed by atoms with E-state index in [1.807, 2.05) is 0 Å². The maximum absolute atomic E-state index is 11.1. The summed E-state index contributed by atoms with van der Waals surface area (Å²) in [5.41, 5.74) is 0. The van der Waals surface area contributed by atoms with Crippen LogP contribution in [0.25, 0.3) is 0 Å². The minimum atomic E-state index is -3.42. The van der Waals surface area contributed by atoms with Crippen molar-refractivity contribution in [1.82, 2.24) is 4.98 Å². The van der Waals surface area contributed by atoms with Crippen LogP contribution in [-0.4, -0.2) is 18.6 Å². The van der Waals surface area contributed by atoms with E-state index in [0.29, 0.717) is 5.02 Å². The molecule has 1 heterocycles. The monoisotopic (exact) mass is 225 g/mol. The summed E-state index contributed by atoms with van der Waals surface area (Å²) >= 11 is 10.7. The zero-order valence-electron chi connectivity index (χ0n) is 5.87. The van der Waals surface area contributed by atoms with Gasteiger partial charge in [-0.1, -0.05) is 11.6 Å². The van der Waals surface area contributed by atoms with E-state index in [2.05, 4.69) is 4.98 Å². The Bertz CT molecular complexity index is 360. The predicted molar refractivity (Wildman–Crippen MR) is 47.2 cm³/mol. The molecule has 0 bridgehead atoms. The highest BCUT2D eigenvalue weighted by Gasteiger charge is 2.13. The van der Waals surface area contributed by atoms with Crippen molar-refractivity contribution in [2.75, 3.05) is 5.21 Å². The third-order valence-electron chi connectivity index (χ3n) is 1.16. The molecule has 0 fully saturated rings. The van der Waals surface area contributed by atoms with Gasteiger partial charge < -0.3 is 0 Å². The second-order valence-electron chi connectivity index (χ2n) is 2.04. The van der Waals surface area contributed by atoms with Gasteiger partial charge in [0.25, 0.3) is 0 Å². The van der Waals surface area contributed by atoms with Gasteiger partial charge in [-0.25, -0.2) is 13.4 Å². The van der Waals surface area contributed by atoms with Crippen LogP contribution in [0.1, 0.15) is 0 Å². The number of halogens is 2. The van der Waals surface area contributed by atoms with Crippen LogP contribution in [0.5, 0.6) is 0 Å². The van der Waals surface area contributed by atoms with Crippen molar-refractivity contribution in [2.24, 2.45) is 0 Å². The fraction of sp³-hybridized carbons (Fsp3) is 0.167. The lowest BCUT2D eigenvalue weighted by atomic mass is 10.5. The summed E-state index contributed by atoms with van der Waals surface area (Å²) in [6, 6.07) is 2.77. The quantitative estimate of drug-likeness (QED) is 0.721. The van der Waals surface area contributed by atoms with E-state index in [4.69, 9.17) is 23.2 Å². The van der Waals surface area contributed by atoms with Crippen LogP contribution >= 0.6 is 23.2 Å². The van der Waals surface area contributed by atoms with E-state index in [0.717, 1.165) is 0 Å². The van der Waals surface area contributed by atoms with Gasteiger partial charge in [0.05, 0.1) is 5.02 Å². The molecule has 0 atom stereocenters. The molecule has 0 radical (unpaired) electrons. The molecule has 3 nitrogen and oxygen atoms in total. The average Bonchev–Trinajstić information content (AvgIpc) is 2.05. The molecule has 1 rings (SSSR count). The molecule has 0 aliphatic rings. The van der Waals surface area contributed by atoms with Gasteiger partial charge >= 0.3 is 0 Å². The summed E-state index contributed by atoms with van der Waals surface area (Å²) < 4.78 is 22.1. The average molecular weight is 226 g/mol. The SMILES string of the molecule is O=S(=O)(CCl)c1ccc(Cl)cn1. The molecule has 0 aliphatic heterocycles. The van der Waals surface area contributed by atoms with Crippen LogP contribution in [0.3, 0.4) is 0 Å². The first-order valence-corrected chi connectivity index (χ1v) is 5.53. The number of sulfone groups is 1. The third-order valence-corrected chi connectivity index (χ3v) is 3.41. The van der Waals surface area contributed by atoms with Gasteiger partial charge in [0.15, 0.2) is 5.03 Å². The molecule has 0 saturated heterocycles. The van der Waals surface area contributed by atoms with Crippen molar-refractivity contribution >= 4 is 33.0 Å². The van der Waals surface area contributed by atoms with Crippen LogP contribution < -0.4 is 0 Å². The zero-order chi connectivity index (χ0) is 9.19. The Morgan fingerprint density at radius 2 is 2.08 bits per heavy atom. The number of aromatic nitrogens is 1. The Morgan fingerprint density at radius 3 is 2.50 bits per heavy atom. The minimum absolute atomic E-state index is 0.0538. The van der Waals surface area contributed by atoms with Gasteiger partial charge in [-0.3, -0.25) is 0 Å². The molecule has 0 aromatic carbocycles. The van der Waals surface area contributed by atoms with E-state index in [1.54, 1.807) is 0 Å². The van der Waals surface area contributed by atoms with Gasteiger partial charge in [0, 0.05) is 6.20 Å². The highest BCUT2D eigenvalue weighted by Crippen LogP contribution is 2.12. The molecule has 0 amide bonds. The molecule has 0 spiro atoms. The van der Waals surface area contributed by atoms with Crippen molar-refractivity contribution in [1.29, 1.82) is 0 Å². The fourth-order valence-electron chi connectivity index (χ4n) is 0.602. The summed E-state index contributed by atoms with van der Waals surface area (Å²) in [4.78, 5) is 3.62. The molecule has 0 unspecified atom stereocenters. The highest BCUT2D eigenvalue weighted by atomic mass is 35.5. The molecule has 6 heteroatoms. The highest BCUT2D eigenvalue weighted by molar-refractivity contribution is 7.92. The Hall–Kier alpha value is -0.320. The number of hydrogen-bond donors (Lipinski definition) is 0. The number of nitrogens with zero attached hydrogens (tertiary/aromatic N) is 1. The van der Waals surface area contributed by atoms with Crippen molar-refractivity contribution in [3.8, 4) is 0 Å². The normalized spacial score (nSPS) is 11.5. The van der Waals surface area contributed by atoms with Crippen molar-refractivity contribution in [2.45, 2.75) is 5.03 Å². The maximum Gasteiger partial charge on any atom is 0.209 e. The molecule has 0 saturated carbocycles. The smallest absolute Gasteiger partial charge is 0.209 e. The van der Waals surface area contributed by atoms with E-state index >= 15 is 0 Å². The van der Waals surface area contributed by atoms with E-state index < -0.39 is 15.0 Å². The topological polar surface area (TPSA) is 47.0 Å². The minimum Gasteiger partial charge on any atom is -0.243 e. The summed E-state index contributed by atoms with van der Waals surface area (Å²) in [5.74, 6) is 0. The van der Waals surface area contributed by atoms with Crippen LogP contribution in [0.4, 0.5) is 0 Å². The summed E-state index contributed by atoms with van der Waals surface area (Å²) in [6.45, 7) is 0. The van der Waals surface area contributed by atoms with Crippen LogP contribution in [0.15, 0.2) is 23.4 Å². The molecular formula is C6H5Cl2NO2S.